The number of nitrogens with one attached hydrogen (secondary N) is 1. The van der Waals surface area contributed by atoms with E-state index in [9.17, 15) is 4.79 Å². The normalized spacial score (nSPS) is 18.3. The van der Waals surface area contributed by atoms with E-state index in [0.29, 0.717) is 11.6 Å². The molecule has 0 aliphatic carbocycles. The van der Waals surface area contributed by atoms with Crippen LogP contribution in [0.4, 0.5) is 5.69 Å². The molecule has 1 aliphatic heterocycles. The smallest absolute Gasteiger partial charge is 0.257 e. The van der Waals surface area contributed by atoms with Crippen LogP contribution in [0.1, 0.15) is 30.1 Å². The minimum Gasteiger partial charge on any atom is -0.384 e. The van der Waals surface area contributed by atoms with Crippen molar-refractivity contribution in [2.75, 3.05) is 30.4 Å². The van der Waals surface area contributed by atoms with Crippen LogP contribution < -0.4 is 5.32 Å². The molecule has 5 heteroatoms. The zero-order chi connectivity index (χ0) is 13.7. The Morgan fingerprint density at radius 2 is 2.47 bits per heavy atom. The Kier molecular flexibility index (Phi) is 5.07. The maximum Gasteiger partial charge on any atom is 0.257 e. The summed E-state index contributed by atoms with van der Waals surface area (Å²) in [6, 6.07) is 2.23. The molecule has 1 aliphatic rings. The van der Waals surface area contributed by atoms with Crippen molar-refractivity contribution < 1.29 is 4.79 Å². The van der Waals surface area contributed by atoms with Gasteiger partial charge in [0.15, 0.2) is 0 Å². The molecule has 0 aromatic carbocycles. The SMILES string of the molecule is CCCNc1ccncc1C(=O)N(C)C1CCSC1. The Bertz CT molecular complexity index is 432. The van der Waals surface area contributed by atoms with Crippen molar-refractivity contribution in [3.8, 4) is 0 Å². The van der Waals surface area contributed by atoms with Crippen LogP contribution in [0, 0.1) is 0 Å². The molecule has 2 heterocycles. The molecule has 4 nitrogen and oxygen atoms in total. The minimum absolute atomic E-state index is 0.0687. The number of aromatic nitrogens is 1. The summed E-state index contributed by atoms with van der Waals surface area (Å²) in [4.78, 5) is 18.5. The Hall–Kier alpha value is -1.23. The van der Waals surface area contributed by atoms with Gasteiger partial charge in [-0.25, -0.2) is 0 Å². The van der Waals surface area contributed by atoms with E-state index in [0.717, 1.165) is 36.6 Å². The number of anilines is 1. The third-order valence-corrected chi connectivity index (χ3v) is 4.54. The van der Waals surface area contributed by atoms with Crippen molar-refractivity contribution in [2.24, 2.45) is 0 Å². The van der Waals surface area contributed by atoms with Crippen molar-refractivity contribution in [2.45, 2.75) is 25.8 Å². The van der Waals surface area contributed by atoms with Gasteiger partial charge in [-0.1, -0.05) is 6.92 Å². The molecule has 1 amide bonds. The third-order valence-electron chi connectivity index (χ3n) is 3.39. The number of nitrogens with zero attached hydrogens (tertiary/aromatic N) is 2. The van der Waals surface area contributed by atoms with Gasteiger partial charge in [0, 0.05) is 37.8 Å². The fraction of sp³-hybridized carbons (Fsp3) is 0.571. The van der Waals surface area contributed by atoms with E-state index in [-0.39, 0.29) is 5.91 Å². The van der Waals surface area contributed by atoms with E-state index in [1.54, 1.807) is 12.4 Å². The quantitative estimate of drug-likeness (QED) is 0.899. The first-order valence-electron chi connectivity index (χ1n) is 6.76. The average Bonchev–Trinajstić information content (AvgIpc) is 2.98. The summed E-state index contributed by atoms with van der Waals surface area (Å²) in [6.07, 6.45) is 5.51. The van der Waals surface area contributed by atoms with Gasteiger partial charge < -0.3 is 10.2 Å². The highest BCUT2D eigenvalue weighted by atomic mass is 32.2. The molecule has 1 atom stereocenters. The van der Waals surface area contributed by atoms with E-state index >= 15 is 0 Å². The molecule has 1 fully saturated rings. The Balaban J connectivity index is 2.13. The number of carbonyl (C=O) groups excluding carboxylic acids is 1. The molecule has 1 aromatic rings. The zero-order valence-electron chi connectivity index (χ0n) is 11.6. The van der Waals surface area contributed by atoms with E-state index in [2.05, 4.69) is 17.2 Å². The lowest BCUT2D eigenvalue weighted by Gasteiger charge is -2.24. The number of thioether (sulfide) groups is 1. The summed E-state index contributed by atoms with van der Waals surface area (Å²) in [5.74, 6) is 2.26. The second-order valence-electron chi connectivity index (χ2n) is 4.78. The molecular formula is C14H21N3OS. The van der Waals surface area contributed by atoms with Gasteiger partial charge in [-0.2, -0.15) is 11.8 Å². The van der Waals surface area contributed by atoms with Crippen LogP contribution in [0.5, 0.6) is 0 Å². The molecule has 1 N–H and O–H groups in total. The van der Waals surface area contributed by atoms with E-state index in [1.165, 1.54) is 0 Å². The van der Waals surface area contributed by atoms with Crippen LogP contribution in [0.2, 0.25) is 0 Å². The lowest BCUT2D eigenvalue weighted by Crippen LogP contribution is -2.37. The van der Waals surface area contributed by atoms with Crippen LogP contribution in [0.3, 0.4) is 0 Å². The monoisotopic (exact) mass is 279 g/mol. The minimum atomic E-state index is 0.0687. The summed E-state index contributed by atoms with van der Waals surface area (Å²) in [5.41, 5.74) is 1.56. The highest BCUT2D eigenvalue weighted by Gasteiger charge is 2.25. The predicted octanol–water partition coefficient (Wildman–Crippen LogP) is 2.48. The molecular weight excluding hydrogens is 258 g/mol. The Labute approximate surface area is 119 Å². The molecule has 1 unspecified atom stereocenters. The summed E-state index contributed by atoms with van der Waals surface area (Å²) >= 11 is 1.92. The summed E-state index contributed by atoms with van der Waals surface area (Å²) in [6.45, 7) is 2.98. The molecule has 0 bridgehead atoms. The van der Waals surface area contributed by atoms with Crippen LogP contribution >= 0.6 is 11.8 Å². The second-order valence-corrected chi connectivity index (χ2v) is 5.93. The highest BCUT2D eigenvalue weighted by Crippen LogP contribution is 2.24. The first-order chi connectivity index (χ1) is 9.24. The fourth-order valence-electron chi connectivity index (χ4n) is 2.16. The molecule has 1 saturated heterocycles. The highest BCUT2D eigenvalue weighted by molar-refractivity contribution is 7.99. The number of carbonyl (C=O) groups is 1. The van der Waals surface area contributed by atoms with Gasteiger partial charge >= 0.3 is 0 Å². The van der Waals surface area contributed by atoms with E-state index in [1.807, 2.05) is 29.8 Å². The molecule has 2 rings (SSSR count). The van der Waals surface area contributed by atoms with Gasteiger partial charge in [0.05, 0.1) is 11.3 Å². The van der Waals surface area contributed by atoms with Crippen molar-refractivity contribution in [3.63, 3.8) is 0 Å². The standard InChI is InChI=1S/C14H21N3OS/c1-3-6-16-13-4-7-15-9-12(13)14(18)17(2)11-5-8-19-10-11/h4,7,9,11H,3,5-6,8,10H2,1-2H3,(H,15,16). The van der Waals surface area contributed by atoms with Crippen molar-refractivity contribution >= 4 is 23.4 Å². The Morgan fingerprint density at radius 3 is 3.16 bits per heavy atom. The van der Waals surface area contributed by atoms with Crippen LogP contribution in [-0.4, -0.2) is 46.9 Å². The first-order valence-corrected chi connectivity index (χ1v) is 7.92. The molecule has 0 radical (unpaired) electrons. The van der Waals surface area contributed by atoms with Gasteiger partial charge in [0.25, 0.3) is 5.91 Å². The molecule has 19 heavy (non-hydrogen) atoms. The number of hydrogen-bond donors (Lipinski definition) is 1. The predicted molar refractivity (Wildman–Crippen MR) is 80.8 cm³/mol. The molecule has 0 saturated carbocycles. The topological polar surface area (TPSA) is 45.2 Å². The maximum atomic E-state index is 12.6. The van der Waals surface area contributed by atoms with Gasteiger partial charge in [0.1, 0.15) is 0 Å². The van der Waals surface area contributed by atoms with Gasteiger partial charge in [-0.05, 0) is 24.7 Å². The van der Waals surface area contributed by atoms with Crippen molar-refractivity contribution in [3.05, 3.63) is 24.0 Å². The summed E-state index contributed by atoms with van der Waals surface area (Å²) in [7, 11) is 1.90. The third kappa shape index (κ3) is 3.41. The van der Waals surface area contributed by atoms with Crippen LogP contribution in [0.25, 0.3) is 0 Å². The summed E-state index contributed by atoms with van der Waals surface area (Å²) < 4.78 is 0. The molecule has 1 aromatic heterocycles. The van der Waals surface area contributed by atoms with Gasteiger partial charge in [-0.3, -0.25) is 9.78 Å². The maximum absolute atomic E-state index is 12.6. The van der Waals surface area contributed by atoms with E-state index < -0.39 is 0 Å². The number of pyridine rings is 1. The molecule has 0 spiro atoms. The largest absolute Gasteiger partial charge is 0.384 e. The second kappa shape index (κ2) is 6.80. The van der Waals surface area contributed by atoms with Gasteiger partial charge in [-0.15, -0.1) is 0 Å². The number of amides is 1. The van der Waals surface area contributed by atoms with Crippen LogP contribution in [-0.2, 0) is 0 Å². The Morgan fingerprint density at radius 1 is 1.63 bits per heavy atom. The number of rotatable bonds is 5. The van der Waals surface area contributed by atoms with Crippen LogP contribution in [0.15, 0.2) is 18.5 Å². The zero-order valence-corrected chi connectivity index (χ0v) is 12.4. The summed E-state index contributed by atoms with van der Waals surface area (Å²) in [5, 5.41) is 3.30. The fourth-order valence-corrected chi connectivity index (χ4v) is 3.43. The average molecular weight is 279 g/mol. The van der Waals surface area contributed by atoms with Gasteiger partial charge in [0.2, 0.25) is 0 Å². The van der Waals surface area contributed by atoms with Crippen molar-refractivity contribution in [1.29, 1.82) is 0 Å². The lowest BCUT2D eigenvalue weighted by molar-refractivity contribution is 0.0748. The molecule has 104 valence electrons. The van der Waals surface area contributed by atoms with E-state index in [4.69, 9.17) is 0 Å². The lowest BCUT2D eigenvalue weighted by atomic mass is 10.1. The number of hydrogen-bond acceptors (Lipinski definition) is 4. The first kappa shape index (κ1) is 14.2. The van der Waals surface area contributed by atoms with Crippen molar-refractivity contribution in [1.82, 2.24) is 9.88 Å².